The lowest BCUT2D eigenvalue weighted by Gasteiger charge is -2.16. The van der Waals surface area contributed by atoms with Gasteiger partial charge in [-0.05, 0) is 30.2 Å². The van der Waals surface area contributed by atoms with E-state index in [-0.39, 0.29) is 0 Å². The predicted octanol–water partition coefficient (Wildman–Crippen LogP) is 3.27. The molecular weight excluding hydrogens is 268 g/mol. The second-order valence-electron chi connectivity index (χ2n) is 5.27. The van der Waals surface area contributed by atoms with Gasteiger partial charge >= 0.3 is 0 Å². The van der Waals surface area contributed by atoms with E-state index in [4.69, 9.17) is 4.74 Å². The van der Waals surface area contributed by atoms with E-state index in [0.717, 1.165) is 12.2 Å². The summed E-state index contributed by atoms with van der Waals surface area (Å²) in [5, 5.41) is 4.00. The molecule has 0 aromatic heterocycles. The summed E-state index contributed by atoms with van der Waals surface area (Å²) in [6.45, 7) is 0. The molecule has 0 radical (unpaired) electrons. The van der Waals surface area contributed by atoms with E-state index in [9.17, 15) is 0 Å². The Balaban J connectivity index is 1.80. The van der Waals surface area contributed by atoms with Gasteiger partial charge in [-0.1, -0.05) is 18.2 Å². The van der Waals surface area contributed by atoms with E-state index in [0.29, 0.717) is 11.4 Å². The largest absolute Gasteiger partial charge is 0.496 e. The number of methoxy groups -OCH3 is 1. The van der Waals surface area contributed by atoms with Crippen LogP contribution < -0.4 is 10.2 Å². The lowest BCUT2D eigenvalue weighted by atomic mass is 10.1. The van der Waals surface area contributed by atoms with E-state index < -0.39 is 0 Å². The highest BCUT2D eigenvalue weighted by Crippen LogP contribution is 2.45. The zero-order valence-electron chi connectivity index (χ0n) is 12.1. The normalized spacial score (nSPS) is 24.8. The Kier molecular flexibility index (Phi) is 3.76. The fourth-order valence-electron chi connectivity index (χ4n) is 2.58. The molecule has 1 aliphatic carbocycles. The van der Waals surface area contributed by atoms with Crippen molar-refractivity contribution < 1.29 is 4.74 Å². The number of thioether (sulfide) groups is 1. The molecule has 1 saturated heterocycles. The number of allylic oxidation sites excluding steroid dienone is 1. The number of ether oxygens (including phenoxy) is 1. The van der Waals surface area contributed by atoms with E-state index in [1.165, 1.54) is 16.2 Å². The molecule has 1 fully saturated rings. The molecule has 1 aromatic carbocycles. The van der Waals surface area contributed by atoms with Gasteiger partial charge in [0.25, 0.3) is 0 Å². The number of nitrogens with one attached hydrogen (secondary N) is 1. The minimum absolute atomic E-state index is 0.316. The van der Waals surface area contributed by atoms with Gasteiger partial charge in [0, 0.05) is 30.7 Å². The highest BCUT2D eigenvalue weighted by molar-refractivity contribution is 8.03. The first kappa shape index (κ1) is 13.6. The first-order valence-electron chi connectivity index (χ1n) is 6.83. The van der Waals surface area contributed by atoms with Crippen molar-refractivity contribution in [3.63, 3.8) is 0 Å². The lowest BCUT2D eigenvalue weighted by Crippen LogP contribution is -2.26. The zero-order chi connectivity index (χ0) is 14.1. The molecule has 0 amide bonds. The second kappa shape index (κ2) is 5.54. The highest BCUT2D eigenvalue weighted by Gasteiger charge is 2.33. The van der Waals surface area contributed by atoms with Gasteiger partial charge in [0.2, 0.25) is 0 Å². The predicted molar refractivity (Wildman–Crippen MR) is 85.8 cm³/mol. The quantitative estimate of drug-likeness (QED) is 0.922. The number of hydrogen-bond donors (Lipinski definition) is 1. The number of anilines is 1. The maximum absolute atomic E-state index is 5.47. The van der Waals surface area contributed by atoms with Crippen molar-refractivity contribution in [1.82, 2.24) is 5.32 Å². The van der Waals surface area contributed by atoms with Crippen LogP contribution in [0.2, 0.25) is 0 Å². The summed E-state index contributed by atoms with van der Waals surface area (Å²) in [6, 6.07) is 9.15. The smallest absolute Gasteiger partial charge is 0.129 e. The minimum atomic E-state index is 0.316. The summed E-state index contributed by atoms with van der Waals surface area (Å²) in [6.07, 6.45) is 5.30. The SMILES string of the molecule is COC1=C2SC(c3ccc(N(C)C)cc3)NC2CC=C1. The van der Waals surface area contributed by atoms with Gasteiger partial charge in [0.1, 0.15) is 5.76 Å². The molecule has 2 unspecified atom stereocenters. The fraction of sp³-hybridized carbons (Fsp3) is 0.375. The van der Waals surface area contributed by atoms with Crippen LogP contribution in [0.4, 0.5) is 5.69 Å². The standard InChI is InChI=1S/C16H20N2OS/c1-18(2)12-9-7-11(8-10-12)16-17-13-5-4-6-14(19-3)15(13)20-16/h4,6-10,13,16-17H,5H2,1-3H3. The van der Waals surface area contributed by atoms with E-state index >= 15 is 0 Å². The van der Waals surface area contributed by atoms with Crippen molar-refractivity contribution >= 4 is 17.4 Å². The summed E-state index contributed by atoms with van der Waals surface area (Å²) in [5.41, 5.74) is 2.55. The van der Waals surface area contributed by atoms with E-state index in [1.54, 1.807) is 7.11 Å². The van der Waals surface area contributed by atoms with Crippen LogP contribution in [0.25, 0.3) is 0 Å². The third-order valence-electron chi connectivity index (χ3n) is 3.73. The summed E-state index contributed by atoms with van der Waals surface area (Å²) < 4.78 is 5.47. The van der Waals surface area contributed by atoms with Crippen molar-refractivity contribution in [2.75, 3.05) is 26.1 Å². The Hall–Kier alpha value is -1.39. The van der Waals surface area contributed by atoms with Crippen LogP contribution in [0.5, 0.6) is 0 Å². The lowest BCUT2D eigenvalue weighted by molar-refractivity contribution is 0.300. The average molecular weight is 288 g/mol. The zero-order valence-corrected chi connectivity index (χ0v) is 12.9. The van der Waals surface area contributed by atoms with Crippen molar-refractivity contribution in [3.05, 3.63) is 52.6 Å². The monoisotopic (exact) mass is 288 g/mol. The number of rotatable bonds is 3. The van der Waals surface area contributed by atoms with Crippen molar-refractivity contribution in [1.29, 1.82) is 0 Å². The van der Waals surface area contributed by atoms with Crippen molar-refractivity contribution in [2.45, 2.75) is 17.8 Å². The van der Waals surface area contributed by atoms with Crippen LogP contribution in [0, 0.1) is 0 Å². The van der Waals surface area contributed by atoms with E-state index in [2.05, 4.69) is 60.7 Å². The molecule has 106 valence electrons. The van der Waals surface area contributed by atoms with Crippen LogP contribution in [0.15, 0.2) is 47.1 Å². The second-order valence-corrected chi connectivity index (χ2v) is 6.42. The summed E-state index contributed by atoms with van der Waals surface area (Å²) in [5.74, 6) is 1.01. The van der Waals surface area contributed by atoms with Gasteiger partial charge in [-0.2, -0.15) is 0 Å². The van der Waals surface area contributed by atoms with Crippen LogP contribution in [-0.2, 0) is 4.74 Å². The van der Waals surface area contributed by atoms with Crippen LogP contribution in [0.1, 0.15) is 17.4 Å². The van der Waals surface area contributed by atoms with E-state index in [1.807, 2.05) is 11.8 Å². The van der Waals surface area contributed by atoms with Gasteiger partial charge in [0.05, 0.1) is 12.5 Å². The molecule has 1 aliphatic heterocycles. The molecule has 0 saturated carbocycles. The van der Waals surface area contributed by atoms with Crippen LogP contribution in [-0.4, -0.2) is 27.2 Å². The molecule has 3 rings (SSSR count). The number of nitrogens with zero attached hydrogens (tertiary/aromatic N) is 1. The Labute approximate surface area is 124 Å². The molecule has 1 N–H and O–H groups in total. The van der Waals surface area contributed by atoms with Crippen molar-refractivity contribution in [2.24, 2.45) is 0 Å². The number of fused-ring (bicyclic) bond motifs is 1. The first-order valence-corrected chi connectivity index (χ1v) is 7.71. The molecule has 0 spiro atoms. The Bertz CT molecular complexity index is 548. The molecular formula is C16H20N2OS. The molecule has 2 atom stereocenters. The van der Waals surface area contributed by atoms with Gasteiger partial charge in [-0.15, -0.1) is 11.8 Å². The van der Waals surface area contributed by atoms with Gasteiger partial charge in [0.15, 0.2) is 0 Å². The first-order chi connectivity index (χ1) is 9.69. The number of hydrogen-bond acceptors (Lipinski definition) is 4. The van der Waals surface area contributed by atoms with Gasteiger partial charge in [-0.3, -0.25) is 5.32 Å². The summed E-state index contributed by atoms with van der Waals surface area (Å²) >= 11 is 1.87. The molecule has 20 heavy (non-hydrogen) atoms. The topological polar surface area (TPSA) is 24.5 Å². The minimum Gasteiger partial charge on any atom is -0.496 e. The van der Waals surface area contributed by atoms with Gasteiger partial charge in [-0.25, -0.2) is 0 Å². The maximum atomic E-state index is 5.47. The Morgan fingerprint density at radius 1 is 1.25 bits per heavy atom. The molecule has 2 aliphatic rings. The third kappa shape index (κ3) is 2.45. The highest BCUT2D eigenvalue weighted by atomic mass is 32.2. The Morgan fingerprint density at radius 2 is 2.00 bits per heavy atom. The molecule has 1 heterocycles. The van der Waals surface area contributed by atoms with Crippen molar-refractivity contribution in [3.8, 4) is 0 Å². The Morgan fingerprint density at radius 3 is 2.65 bits per heavy atom. The fourth-order valence-corrected chi connectivity index (χ4v) is 3.96. The summed E-state index contributed by atoms with van der Waals surface area (Å²) in [7, 11) is 5.87. The van der Waals surface area contributed by atoms with Gasteiger partial charge < -0.3 is 9.64 Å². The third-order valence-corrected chi connectivity index (χ3v) is 5.11. The van der Waals surface area contributed by atoms with Crippen LogP contribution >= 0.6 is 11.8 Å². The molecule has 3 nitrogen and oxygen atoms in total. The number of benzene rings is 1. The molecule has 4 heteroatoms. The average Bonchev–Trinajstić information content (AvgIpc) is 2.91. The maximum Gasteiger partial charge on any atom is 0.129 e. The van der Waals surface area contributed by atoms with Crippen LogP contribution in [0.3, 0.4) is 0 Å². The molecule has 1 aromatic rings. The molecule has 0 bridgehead atoms. The summed E-state index contributed by atoms with van der Waals surface area (Å²) in [4.78, 5) is 3.45.